The lowest BCUT2D eigenvalue weighted by atomic mass is 10.0. The fourth-order valence-corrected chi connectivity index (χ4v) is 0.597. The van der Waals surface area contributed by atoms with Gasteiger partial charge in [0.05, 0.1) is 18.6 Å². The zero-order valence-corrected chi connectivity index (χ0v) is 5.73. The molecule has 2 nitrogen and oxygen atoms in total. The fraction of sp³-hybridized carbons (Fsp3) is 0.833. The van der Waals surface area contributed by atoms with Crippen LogP contribution in [0, 0.1) is 17.2 Å². The van der Waals surface area contributed by atoms with Gasteiger partial charge in [-0.05, 0) is 6.42 Å². The van der Waals surface area contributed by atoms with E-state index in [0.29, 0.717) is 0 Å². The molecule has 0 rings (SSSR count). The molecular formula is C6H8F3NO. The van der Waals surface area contributed by atoms with Crippen LogP contribution in [0.4, 0.5) is 13.2 Å². The van der Waals surface area contributed by atoms with Gasteiger partial charge >= 0.3 is 6.18 Å². The predicted octanol–water partition coefficient (Wildman–Crippen LogP) is 1.46. The van der Waals surface area contributed by atoms with Crippen molar-refractivity contribution in [2.24, 2.45) is 5.92 Å². The van der Waals surface area contributed by atoms with E-state index in [-0.39, 0.29) is 12.8 Å². The van der Waals surface area contributed by atoms with Crippen molar-refractivity contribution in [1.29, 1.82) is 5.26 Å². The van der Waals surface area contributed by atoms with Gasteiger partial charge in [-0.25, -0.2) is 0 Å². The minimum Gasteiger partial charge on any atom is -0.396 e. The summed E-state index contributed by atoms with van der Waals surface area (Å²) in [6, 6.07) is 1.59. The van der Waals surface area contributed by atoms with E-state index >= 15 is 0 Å². The maximum Gasteiger partial charge on any atom is 0.394 e. The molecule has 1 unspecified atom stereocenters. The number of nitrogens with zero attached hydrogens (tertiary/aromatic N) is 1. The van der Waals surface area contributed by atoms with Crippen molar-refractivity contribution in [3.63, 3.8) is 0 Å². The molecule has 0 aliphatic heterocycles. The normalized spacial score (nSPS) is 14.1. The number of hydrogen-bond acceptors (Lipinski definition) is 2. The summed E-state index contributed by atoms with van der Waals surface area (Å²) in [7, 11) is 0. The molecule has 0 heterocycles. The van der Waals surface area contributed by atoms with E-state index in [2.05, 4.69) is 0 Å². The highest BCUT2D eigenvalue weighted by atomic mass is 19.4. The van der Waals surface area contributed by atoms with Gasteiger partial charge in [0.2, 0.25) is 0 Å². The van der Waals surface area contributed by atoms with Crippen molar-refractivity contribution in [1.82, 2.24) is 0 Å². The van der Waals surface area contributed by atoms with Crippen LogP contribution in [0.5, 0.6) is 0 Å². The van der Waals surface area contributed by atoms with Crippen molar-refractivity contribution < 1.29 is 18.3 Å². The lowest BCUT2D eigenvalue weighted by Crippen LogP contribution is -2.25. The molecule has 0 aromatic heterocycles. The summed E-state index contributed by atoms with van der Waals surface area (Å²) in [6.07, 6.45) is -4.88. The van der Waals surface area contributed by atoms with E-state index in [9.17, 15) is 13.2 Å². The van der Waals surface area contributed by atoms with E-state index in [1.165, 1.54) is 0 Å². The molecule has 0 bridgehead atoms. The van der Waals surface area contributed by atoms with E-state index in [1.54, 1.807) is 6.07 Å². The minimum absolute atomic E-state index is 0.176. The zero-order chi connectivity index (χ0) is 8.91. The van der Waals surface area contributed by atoms with Crippen LogP contribution in [0.3, 0.4) is 0 Å². The summed E-state index contributed by atoms with van der Waals surface area (Å²) in [5.41, 5.74) is 0. The molecule has 1 N–H and O–H groups in total. The first-order chi connectivity index (χ1) is 5.02. The maximum atomic E-state index is 11.8. The van der Waals surface area contributed by atoms with Gasteiger partial charge in [0.1, 0.15) is 0 Å². The lowest BCUT2D eigenvalue weighted by molar-refractivity contribution is -0.185. The highest BCUT2D eigenvalue weighted by molar-refractivity contribution is 4.75. The van der Waals surface area contributed by atoms with Gasteiger partial charge in [0, 0.05) is 6.42 Å². The Morgan fingerprint density at radius 2 is 2.00 bits per heavy atom. The quantitative estimate of drug-likeness (QED) is 0.691. The second-order valence-electron chi connectivity index (χ2n) is 2.12. The largest absolute Gasteiger partial charge is 0.396 e. The summed E-state index contributed by atoms with van der Waals surface area (Å²) in [6.45, 7) is -0.939. The van der Waals surface area contributed by atoms with Gasteiger partial charge in [-0.2, -0.15) is 18.4 Å². The number of aliphatic hydroxyl groups is 1. The van der Waals surface area contributed by atoms with E-state index in [4.69, 9.17) is 10.4 Å². The zero-order valence-electron chi connectivity index (χ0n) is 5.73. The van der Waals surface area contributed by atoms with Crippen molar-refractivity contribution in [2.75, 3.05) is 6.61 Å². The SMILES string of the molecule is N#CCCC(CO)C(F)(F)F. The van der Waals surface area contributed by atoms with E-state index in [1.807, 2.05) is 0 Å². The number of rotatable bonds is 3. The molecule has 0 aromatic carbocycles. The van der Waals surface area contributed by atoms with Gasteiger partial charge < -0.3 is 5.11 Å². The third-order valence-electron chi connectivity index (χ3n) is 1.29. The van der Waals surface area contributed by atoms with Crippen LogP contribution in [0.2, 0.25) is 0 Å². The number of aliphatic hydroxyl groups excluding tert-OH is 1. The Kier molecular flexibility index (Phi) is 3.90. The summed E-state index contributed by atoms with van der Waals surface area (Å²) in [5, 5.41) is 16.2. The summed E-state index contributed by atoms with van der Waals surface area (Å²) < 4.78 is 35.3. The molecule has 11 heavy (non-hydrogen) atoms. The number of halogens is 3. The topological polar surface area (TPSA) is 44.0 Å². The molecular weight excluding hydrogens is 159 g/mol. The van der Waals surface area contributed by atoms with E-state index < -0.39 is 18.7 Å². The Hall–Kier alpha value is -0.760. The highest BCUT2D eigenvalue weighted by Gasteiger charge is 2.38. The first kappa shape index (κ1) is 10.2. The third-order valence-corrected chi connectivity index (χ3v) is 1.29. The number of nitriles is 1. The molecule has 64 valence electrons. The molecule has 0 amide bonds. The molecule has 1 atom stereocenters. The molecule has 0 aliphatic rings. The van der Waals surface area contributed by atoms with E-state index in [0.717, 1.165) is 0 Å². The Balaban J connectivity index is 3.88. The van der Waals surface area contributed by atoms with Crippen LogP contribution in [-0.2, 0) is 0 Å². The van der Waals surface area contributed by atoms with Crippen molar-refractivity contribution in [3.8, 4) is 6.07 Å². The Morgan fingerprint density at radius 1 is 1.45 bits per heavy atom. The first-order valence-corrected chi connectivity index (χ1v) is 3.07. The Morgan fingerprint density at radius 3 is 2.27 bits per heavy atom. The van der Waals surface area contributed by atoms with Gasteiger partial charge in [-0.3, -0.25) is 0 Å². The van der Waals surface area contributed by atoms with Gasteiger partial charge in [0.25, 0.3) is 0 Å². The van der Waals surface area contributed by atoms with Crippen LogP contribution in [0.15, 0.2) is 0 Å². The predicted molar refractivity (Wildman–Crippen MR) is 31.5 cm³/mol. The molecule has 0 fully saturated rings. The standard InChI is InChI=1S/C6H8F3NO/c7-6(8,9)5(4-11)2-1-3-10/h5,11H,1-2,4H2. The van der Waals surface area contributed by atoms with Gasteiger partial charge in [-0.1, -0.05) is 0 Å². The average molecular weight is 167 g/mol. The molecule has 0 spiro atoms. The van der Waals surface area contributed by atoms with Crippen molar-refractivity contribution in [3.05, 3.63) is 0 Å². The Bertz CT molecular complexity index is 149. The number of alkyl halides is 3. The monoisotopic (exact) mass is 167 g/mol. The molecule has 0 aliphatic carbocycles. The highest BCUT2D eigenvalue weighted by Crippen LogP contribution is 2.28. The maximum absolute atomic E-state index is 11.8. The molecule has 0 aromatic rings. The van der Waals surface area contributed by atoms with Gasteiger partial charge in [-0.15, -0.1) is 0 Å². The van der Waals surface area contributed by atoms with Crippen LogP contribution in [-0.4, -0.2) is 17.9 Å². The summed E-state index contributed by atoms with van der Waals surface area (Å²) >= 11 is 0. The lowest BCUT2D eigenvalue weighted by Gasteiger charge is -2.15. The second kappa shape index (κ2) is 4.19. The van der Waals surface area contributed by atoms with Crippen LogP contribution < -0.4 is 0 Å². The molecule has 5 heteroatoms. The summed E-state index contributed by atoms with van der Waals surface area (Å²) in [4.78, 5) is 0. The minimum atomic E-state index is -4.38. The van der Waals surface area contributed by atoms with Crippen LogP contribution in [0.1, 0.15) is 12.8 Å². The summed E-state index contributed by atoms with van der Waals surface area (Å²) in [5.74, 6) is -1.75. The molecule has 0 saturated heterocycles. The second-order valence-corrected chi connectivity index (χ2v) is 2.12. The van der Waals surface area contributed by atoms with Crippen molar-refractivity contribution in [2.45, 2.75) is 19.0 Å². The first-order valence-electron chi connectivity index (χ1n) is 3.07. The molecule has 0 saturated carbocycles. The van der Waals surface area contributed by atoms with Crippen LogP contribution >= 0.6 is 0 Å². The van der Waals surface area contributed by atoms with Crippen molar-refractivity contribution >= 4 is 0 Å². The smallest absolute Gasteiger partial charge is 0.394 e. The fourth-order valence-electron chi connectivity index (χ4n) is 0.597. The number of hydrogen-bond donors (Lipinski definition) is 1. The Labute approximate surface area is 62.2 Å². The average Bonchev–Trinajstić information content (AvgIpc) is 1.87. The molecule has 0 radical (unpaired) electrons. The van der Waals surface area contributed by atoms with Gasteiger partial charge in [0.15, 0.2) is 0 Å². The van der Waals surface area contributed by atoms with Crippen LogP contribution in [0.25, 0.3) is 0 Å². The third kappa shape index (κ3) is 3.83.